The predicted molar refractivity (Wildman–Crippen MR) is 85.9 cm³/mol. The van der Waals surface area contributed by atoms with Crippen LogP contribution in [-0.4, -0.2) is 39.5 Å². The van der Waals surface area contributed by atoms with Gasteiger partial charge in [-0.2, -0.15) is 0 Å². The van der Waals surface area contributed by atoms with Gasteiger partial charge in [0, 0.05) is 6.54 Å². The van der Waals surface area contributed by atoms with Gasteiger partial charge in [0.2, 0.25) is 0 Å². The number of benzene rings is 1. The number of nitrogens with one attached hydrogen (secondary N) is 1. The van der Waals surface area contributed by atoms with Crippen molar-refractivity contribution in [3.05, 3.63) is 29.8 Å². The normalized spacial score (nSPS) is 12.6. The molecular formula is C17H29NO3. The molecule has 4 heteroatoms. The lowest BCUT2D eigenvalue weighted by Gasteiger charge is -2.20. The molecule has 0 aliphatic heterocycles. The van der Waals surface area contributed by atoms with E-state index in [1.165, 1.54) is 0 Å². The molecule has 0 amide bonds. The Morgan fingerprint density at radius 2 is 1.90 bits per heavy atom. The topological polar surface area (TPSA) is 39.7 Å². The molecule has 0 aliphatic rings. The predicted octanol–water partition coefficient (Wildman–Crippen LogP) is 3.18. The maximum absolute atomic E-state index is 5.98. The van der Waals surface area contributed by atoms with Gasteiger partial charge in [-0.05, 0) is 44.5 Å². The SMILES string of the molecule is CCCNCC(OCCOC(C)C)c1cccc(OC)c1. The Morgan fingerprint density at radius 1 is 1.14 bits per heavy atom. The third kappa shape index (κ3) is 7.46. The highest BCUT2D eigenvalue weighted by Gasteiger charge is 2.12. The molecule has 0 bridgehead atoms. The molecule has 120 valence electrons. The van der Waals surface area contributed by atoms with E-state index in [0.29, 0.717) is 13.2 Å². The smallest absolute Gasteiger partial charge is 0.119 e. The van der Waals surface area contributed by atoms with Gasteiger partial charge in [-0.15, -0.1) is 0 Å². The number of rotatable bonds is 11. The van der Waals surface area contributed by atoms with Gasteiger partial charge in [0.05, 0.1) is 32.5 Å². The summed E-state index contributed by atoms with van der Waals surface area (Å²) in [6.45, 7) is 9.21. The van der Waals surface area contributed by atoms with Gasteiger partial charge < -0.3 is 19.5 Å². The second-order valence-electron chi connectivity index (χ2n) is 5.26. The van der Waals surface area contributed by atoms with Crippen LogP contribution in [0.25, 0.3) is 0 Å². The molecule has 0 saturated heterocycles. The first-order valence-electron chi connectivity index (χ1n) is 7.75. The van der Waals surface area contributed by atoms with Crippen LogP contribution in [0.5, 0.6) is 5.75 Å². The van der Waals surface area contributed by atoms with Crippen molar-refractivity contribution < 1.29 is 14.2 Å². The van der Waals surface area contributed by atoms with E-state index in [1.54, 1.807) is 7.11 Å². The van der Waals surface area contributed by atoms with Crippen LogP contribution in [0.2, 0.25) is 0 Å². The Kier molecular flexibility index (Phi) is 9.06. The molecule has 0 spiro atoms. The van der Waals surface area contributed by atoms with Gasteiger partial charge in [0.15, 0.2) is 0 Å². The Labute approximate surface area is 128 Å². The largest absolute Gasteiger partial charge is 0.497 e. The first-order chi connectivity index (χ1) is 10.2. The maximum atomic E-state index is 5.98. The molecule has 1 aromatic rings. The summed E-state index contributed by atoms with van der Waals surface area (Å²) >= 11 is 0. The van der Waals surface area contributed by atoms with Crippen molar-refractivity contribution in [3.8, 4) is 5.75 Å². The third-order valence-corrected chi connectivity index (χ3v) is 3.08. The second kappa shape index (κ2) is 10.6. The lowest BCUT2D eigenvalue weighted by molar-refractivity contribution is -0.0130. The monoisotopic (exact) mass is 295 g/mol. The quantitative estimate of drug-likeness (QED) is 0.637. The van der Waals surface area contributed by atoms with Gasteiger partial charge >= 0.3 is 0 Å². The van der Waals surface area contributed by atoms with Crippen molar-refractivity contribution in [1.82, 2.24) is 5.32 Å². The molecular weight excluding hydrogens is 266 g/mol. The number of methoxy groups -OCH3 is 1. The highest BCUT2D eigenvalue weighted by Crippen LogP contribution is 2.21. The first kappa shape index (κ1) is 18.0. The summed E-state index contributed by atoms with van der Waals surface area (Å²) in [6, 6.07) is 8.04. The Morgan fingerprint density at radius 3 is 2.57 bits per heavy atom. The maximum Gasteiger partial charge on any atom is 0.119 e. The Hall–Kier alpha value is -1.10. The highest BCUT2D eigenvalue weighted by atomic mass is 16.5. The van der Waals surface area contributed by atoms with Crippen LogP contribution in [0.1, 0.15) is 38.9 Å². The fraction of sp³-hybridized carbons (Fsp3) is 0.647. The van der Waals surface area contributed by atoms with Crippen molar-refractivity contribution in [2.45, 2.75) is 39.4 Å². The minimum absolute atomic E-state index is 0.0161. The fourth-order valence-electron chi connectivity index (χ4n) is 2.00. The number of hydrogen-bond acceptors (Lipinski definition) is 4. The molecule has 0 heterocycles. The van der Waals surface area contributed by atoms with Crippen LogP contribution in [0, 0.1) is 0 Å². The van der Waals surface area contributed by atoms with Crippen LogP contribution in [0.15, 0.2) is 24.3 Å². The zero-order valence-corrected chi connectivity index (χ0v) is 13.7. The third-order valence-electron chi connectivity index (χ3n) is 3.08. The van der Waals surface area contributed by atoms with Crippen LogP contribution >= 0.6 is 0 Å². The summed E-state index contributed by atoms with van der Waals surface area (Å²) in [5.74, 6) is 0.857. The Balaban J connectivity index is 2.57. The number of ether oxygens (including phenoxy) is 3. The van der Waals surface area contributed by atoms with Gasteiger partial charge in [0.25, 0.3) is 0 Å². The van der Waals surface area contributed by atoms with Crippen LogP contribution in [-0.2, 0) is 9.47 Å². The summed E-state index contributed by atoms with van der Waals surface area (Å²) in [5, 5.41) is 3.41. The molecule has 1 atom stereocenters. The van der Waals surface area contributed by atoms with Crippen molar-refractivity contribution >= 4 is 0 Å². The van der Waals surface area contributed by atoms with Crippen molar-refractivity contribution in [2.24, 2.45) is 0 Å². The summed E-state index contributed by atoms with van der Waals surface area (Å²) in [4.78, 5) is 0. The lowest BCUT2D eigenvalue weighted by Crippen LogP contribution is -2.25. The van der Waals surface area contributed by atoms with E-state index in [2.05, 4.69) is 18.3 Å². The van der Waals surface area contributed by atoms with E-state index in [1.807, 2.05) is 32.0 Å². The van der Waals surface area contributed by atoms with Crippen molar-refractivity contribution in [2.75, 3.05) is 33.4 Å². The van der Waals surface area contributed by atoms with Gasteiger partial charge in [-0.3, -0.25) is 0 Å². The summed E-state index contributed by atoms with van der Waals surface area (Å²) in [6.07, 6.45) is 1.37. The zero-order valence-electron chi connectivity index (χ0n) is 13.7. The van der Waals surface area contributed by atoms with Crippen molar-refractivity contribution in [1.29, 1.82) is 0 Å². The molecule has 0 aromatic heterocycles. The van der Waals surface area contributed by atoms with Crippen molar-refractivity contribution in [3.63, 3.8) is 0 Å². The highest BCUT2D eigenvalue weighted by molar-refractivity contribution is 5.30. The van der Waals surface area contributed by atoms with E-state index < -0.39 is 0 Å². The fourth-order valence-corrected chi connectivity index (χ4v) is 2.00. The van der Waals surface area contributed by atoms with E-state index >= 15 is 0 Å². The molecule has 0 radical (unpaired) electrons. The molecule has 0 fully saturated rings. The lowest BCUT2D eigenvalue weighted by atomic mass is 10.1. The molecule has 4 nitrogen and oxygen atoms in total. The summed E-state index contributed by atoms with van der Waals surface area (Å²) < 4.78 is 16.8. The average Bonchev–Trinajstić information content (AvgIpc) is 2.49. The molecule has 1 N–H and O–H groups in total. The molecule has 0 saturated carbocycles. The minimum atomic E-state index is 0.0161. The first-order valence-corrected chi connectivity index (χ1v) is 7.75. The van der Waals surface area contributed by atoms with Gasteiger partial charge in [-0.1, -0.05) is 19.1 Å². The van der Waals surface area contributed by atoms with E-state index in [4.69, 9.17) is 14.2 Å². The average molecular weight is 295 g/mol. The summed E-state index contributed by atoms with van der Waals surface area (Å²) in [5.41, 5.74) is 1.13. The second-order valence-corrected chi connectivity index (χ2v) is 5.26. The standard InChI is InChI=1S/C17H29NO3/c1-5-9-18-13-17(21-11-10-20-14(2)3)15-7-6-8-16(12-15)19-4/h6-8,12,14,17-18H,5,9-11,13H2,1-4H3. The molecule has 1 unspecified atom stereocenters. The van der Waals surface area contributed by atoms with E-state index in [0.717, 1.165) is 30.8 Å². The van der Waals surface area contributed by atoms with E-state index in [9.17, 15) is 0 Å². The zero-order chi connectivity index (χ0) is 15.5. The van der Waals surface area contributed by atoms with Crippen LogP contribution in [0.4, 0.5) is 0 Å². The van der Waals surface area contributed by atoms with E-state index in [-0.39, 0.29) is 12.2 Å². The molecule has 1 rings (SSSR count). The molecule has 1 aromatic carbocycles. The molecule has 0 aliphatic carbocycles. The van der Waals surface area contributed by atoms with Crippen LogP contribution in [0.3, 0.4) is 0 Å². The molecule has 21 heavy (non-hydrogen) atoms. The van der Waals surface area contributed by atoms with Crippen LogP contribution < -0.4 is 10.1 Å². The van der Waals surface area contributed by atoms with Gasteiger partial charge in [-0.25, -0.2) is 0 Å². The van der Waals surface area contributed by atoms with Gasteiger partial charge in [0.1, 0.15) is 5.75 Å². The Bertz CT molecular complexity index is 382. The minimum Gasteiger partial charge on any atom is -0.497 e. The number of hydrogen-bond donors (Lipinski definition) is 1. The summed E-state index contributed by atoms with van der Waals surface area (Å²) in [7, 11) is 1.68.